The zero-order valence-corrected chi connectivity index (χ0v) is 19.0. The van der Waals surface area contributed by atoms with Crippen LogP contribution in [0.1, 0.15) is 61.8 Å². The van der Waals surface area contributed by atoms with Crippen LogP contribution in [0.5, 0.6) is 0 Å². The normalized spacial score (nSPS) is 14.6. The van der Waals surface area contributed by atoms with Crippen LogP contribution in [-0.4, -0.2) is 33.8 Å². The summed E-state index contributed by atoms with van der Waals surface area (Å²) in [6, 6.07) is 7.45. The van der Waals surface area contributed by atoms with Crippen molar-refractivity contribution in [3.05, 3.63) is 60.1 Å². The van der Waals surface area contributed by atoms with Crippen LogP contribution in [-0.2, 0) is 20.9 Å². The Bertz CT molecular complexity index is 1080. The van der Waals surface area contributed by atoms with Crippen molar-refractivity contribution in [3.63, 3.8) is 0 Å². The molecule has 34 heavy (non-hydrogen) atoms. The molecule has 1 aliphatic rings. The lowest BCUT2D eigenvalue weighted by Gasteiger charge is -2.30. The topological polar surface area (TPSA) is 131 Å². The monoisotopic (exact) mass is 468 g/mol. The standard InChI is InChI=1S/C24H28N4O6/c1-16-14-20(27-34-16)26-21(29)10-11-22(30)28(15-18-8-4-12-32-18)23(19-9-5-13-33-19)24(31)25-17-6-2-3-7-17/h4-5,8-9,12-14,17,23H,2-3,6-7,10-11,15H2,1H3,(H,25,31)(H,26,27,29)/t23-/m1/s1. The van der Waals surface area contributed by atoms with Crippen LogP contribution < -0.4 is 10.6 Å². The fraction of sp³-hybridized carbons (Fsp3) is 0.417. The Kier molecular flexibility index (Phi) is 7.46. The first-order valence-corrected chi connectivity index (χ1v) is 11.4. The number of hydrogen-bond donors (Lipinski definition) is 2. The molecule has 2 N–H and O–H groups in total. The summed E-state index contributed by atoms with van der Waals surface area (Å²) in [7, 11) is 0. The molecule has 1 saturated carbocycles. The summed E-state index contributed by atoms with van der Waals surface area (Å²) >= 11 is 0. The molecule has 10 nitrogen and oxygen atoms in total. The highest BCUT2D eigenvalue weighted by atomic mass is 16.5. The highest BCUT2D eigenvalue weighted by molar-refractivity contribution is 5.93. The molecule has 0 aromatic carbocycles. The number of hydrogen-bond acceptors (Lipinski definition) is 7. The molecule has 0 spiro atoms. The Morgan fingerprint density at radius 3 is 2.53 bits per heavy atom. The summed E-state index contributed by atoms with van der Waals surface area (Å²) in [5, 5.41) is 9.38. The van der Waals surface area contributed by atoms with Gasteiger partial charge >= 0.3 is 0 Å². The summed E-state index contributed by atoms with van der Waals surface area (Å²) in [6.45, 7) is 1.77. The van der Waals surface area contributed by atoms with Crippen molar-refractivity contribution in [1.29, 1.82) is 0 Å². The van der Waals surface area contributed by atoms with Crippen LogP contribution in [0.25, 0.3) is 0 Å². The van der Waals surface area contributed by atoms with Gasteiger partial charge in [-0.1, -0.05) is 18.0 Å². The van der Waals surface area contributed by atoms with Gasteiger partial charge in [-0.2, -0.15) is 0 Å². The van der Waals surface area contributed by atoms with Gasteiger partial charge in [0.05, 0.1) is 19.1 Å². The van der Waals surface area contributed by atoms with Crippen molar-refractivity contribution in [2.45, 2.75) is 64.1 Å². The van der Waals surface area contributed by atoms with Gasteiger partial charge in [0.15, 0.2) is 11.9 Å². The van der Waals surface area contributed by atoms with E-state index >= 15 is 0 Å². The predicted octanol–water partition coefficient (Wildman–Crippen LogP) is 3.72. The van der Waals surface area contributed by atoms with E-state index in [1.54, 1.807) is 37.3 Å². The quantitative estimate of drug-likeness (QED) is 0.464. The number of aryl methyl sites for hydroxylation is 1. The number of aromatic nitrogens is 1. The van der Waals surface area contributed by atoms with Gasteiger partial charge in [-0.25, -0.2) is 0 Å². The molecule has 3 aromatic heterocycles. The molecule has 3 amide bonds. The lowest BCUT2D eigenvalue weighted by molar-refractivity contribution is -0.143. The largest absolute Gasteiger partial charge is 0.467 e. The maximum atomic E-state index is 13.4. The smallest absolute Gasteiger partial charge is 0.250 e. The highest BCUT2D eigenvalue weighted by Gasteiger charge is 2.35. The molecule has 0 aliphatic heterocycles. The van der Waals surface area contributed by atoms with E-state index in [2.05, 4.69) is 15.8 Å². The van der Waals surface area contributed by atoms with Gasteiger partial charge in [0.2, 0.25) is 11.8 Å². The highest BCUT2D eigenvalue weighted by Crippen LogP contribution is 2.27. The van der Waals surface area contributed by atoms with Crippen molar-refractivity contribution in [1.82, 2.24) is 15.4 Å². The third-order valence-electron chi connectivity index (χ3n) is 5.76. The first-order valence-electron chi connectivity index (χ1n) is 11.4. The minimum Gasteiger partial charge on any atom is -0.467 e. The molecule has 0 radical (unpaired) electrons. The van der Waals surface area contributed by atoms with E-state index in [9.17, 15) is 14.4 Å². The maximum absolute atomic E-state index is 13.4. The van der Waals surface area contributed by atoms with Crippen LogP contribution >= 0.6 is 0 Å². The second-order valence-corrected chi connectivity index (χ2v) is 8.38. The molecular formula is C24H28N4O6. The number of carbonyl (C=O) groups excluding carboxylic acids is 3. The second kappa shape index (κ2) is 10.9. The van der Waals surface area contributed by atoms with Crippen LogP contribution in [0, 0.1) is 6.92 Å². The molecule has 3 heterocycles. The minimum atomic E-state index is -0.991. The molecule has 10 heteroatoms. The Balaban J connectivity index is 1.50. The Labute approximate surface area is 196 Å². The summed E-state index contributed by atoms with van der Waals surface area (Å²) in [5.41, 5.74) is 0. The van der Waals surface area contributed by atoms with E-state index < -0.39 is 6.04 Å². The molecule has 4 rings (SSSR count). The van der Waals surface area contributed by atoms with Crippen molar-refractivity contribution >= 4 is 23.5 Å². The fourth-order valence-electron chi connectivity index (χ4n) is 4.11. The third kappa shape index (κ3) is 5.94. The predicted molar refractivity (Wildman–Crippen MR) is 120 cm³/mol. The van der Waals surface area contributed by atoms with Gasteiger partial charge in [-0.3, -0.25) is 14.4 Å². The molecule has 1 aliphatic carbocycles. The maximum Gasteiger partial charge on any atom is 0.250 e. The lowest BCUT2D eigenvalue weighted by Crippen LogP contribution is -2.45. The van der Waals surface area contributed by atoms with E-state index in [1.807, 2.05) is 0 Å². The Morgan fingerprint density at radius 1 is 1.12 bits per heavy atom. The molecule has 3 aromatic rings. The van der Waals surface area contributed by atoms with Gasteiger partial charge in [0, 0.05) is 24.9 Å². The summed E-state index contributed by atoms with van der Waals surface area (Å²) in [6.07, 6.45) is 6.71. The van der Waals surface area contributed by atoms with Gasteiger partial charge < -0.3 is 28.9 Å². The average molecular weight is 469 g/mol. The first kappa shape index (κ1) is 23.3. The Hall–Kier alpha value is -3.82. The summed E-state index contributed by atoms with van der Waals surface area (Å²) < 4.78 is 15.9. The van der Waals surface area contributed by atoms with Crippen molar-refractivity contribution < 1.29 is 27.7 Å². The molecule has 0 unspecified atom stereocenters. The Morgan fingerprint density at radius 2 is 1.88 bits per heavy atom. The number of amides is 3. The summed E-state index contributed by atoms with van der Waals surface area (Å²) in [4.78, 5) is 40.5. The average Bonchev–Trinajstić information content (AvgIpc) is 3.61. The fourth-order valence-corrected chi connectivity index (χ4v) is 4.11. The zero-order chi connectivity index (χ0) is 23.9. The zero-order valence-electron chi connectivity index (χ0n) is 19.0. The first-order chi connectivity index (χ1) is 16.5. The molecule has 180 valence electrons. The second-order valence-electron chi connectivity index (χ2n) is 8.38. The number of carbonyl (C=O) groups is 3. The van der Waals surface area contributed by atoms with Gasteiger partial charge in [-0.15, -0.1) is 0 Å². The number of anilines is 1. The van der Waals surface area contributed by atoms with E-state index in [0.29, 0.717) is 17.3 Å². The minimum absolute atomic E-state index is 0.0549. The van der Waals surface area contributed by atoms with Crippen molar-refractivity contribution in [2.75, 3.05) is 5.32 Å². The van der Waals surface area contributed by atoms with E-state index in [1.165, 1.54) is 17.4 Å². The molecule has 0 bridgehead atoms. The van der Waals surface area contributed by atoms with Crippen LogP contribution in [0.15, 0.2) is 56.2 Å². The van der Waals surface area contributed by atoms with E-state index in [4.69, 9.17) is 13.4 Å². The SMILES string of the molecule is Cc1cc(NC(=O)CCC(=O)N(Cc2ccco2)[C@@H](C(=O)NC2CCCC2)c2ccco2)no1. The van der Waals surface area contributed by atoms with Crippen molar-refractivity contribution in [2.24, 2.45) is 0 Å². The van der Waals surface area contributed by atoms with Gasteiger partial charge in [0.25, 0.3) is 5.91 Å². The molecule has 1 fully saturated rings. The van der Waals surface area contributed by atoms with Gasteiger partial charge in [-0.05, 0) is 44.0 Å². The van der Waals surface area contributed by atoms with Gasteiger partial charge in [0.1, 0.15) is 17.3 Å². The van der Waals surface area contributed by atoms with E-state index in [-0.39, 0.29) is 49.0 Å². The van der Waals surface area contributed by atoms with Crippen LogP contribution in [0.3, 0.4) is 0 Å². The molecule has 0 saturated heterocycles. The van der Waals surface area contributed by atoms with Crippen LogP contribution in [0.4, 0.5) is 5.82 Å². The molecular weight excluding hydrogens is 440 g/mol. The van der Waals surface area contributed by atoms with Crippen molar-refractivity contribution in [3.8, 4) is 0 Å². The summed E-state index contributed by atoms with van der Waals surface area (Å²) in [5.74, 6) is 0.621. The lowest BCUT2D eigenvalue weighted by atomic mass is 10.1. The molecule has 1 atom stereocenters. The van der Waals surface area contributed by atoms with E-state index in [0.717, 1.165) is 25.7 Å². The number of furan rings is 2. The third-order valence-corrected chi connectivity index (χ3v) is 5.76. The van der Waals surface area contributed by atoms with Crippen LogP contribution in [0.2, 0.25) is 0 Å². The number of rotatable bonds is 10. The number of nitrogens with zero attached hydrogens (tertiary/aromatic N) is 2. The number of nitrogens with one attached hydrogen (secondary N) is 2.